The molecule has 0 aromatic rings. The molecule has 0 aliphatic rings. The van der Waals surface area contributed by atoms with Gasteiger partial charge in [-0.15, -0.1) is 0 Å². The number of carbonyl (C=O) groups is 2. The minimum Gasteiger partial charge on any atom is -0.351 e. The molecule has 0 radical (unpaired) electrons. The van der Waals surface area contributed by atoms with Crippen LogP contribution in [0.15, 0.2) is 11.1 Å². The second-order valence-corrected chi connectivity index (χ2v) is 3.29. The van der Waals surface area contributed by atoms with Crippen molar-refractivity contribution >= 4 is 27.6 Å². The minimum atomic E-state index is -0.266. The Kier molecular flexibility index (Phi) is 4.77. The maximum atomic E-state index is 10.8. The lowest BCUT2D eigenvalue weighted by Gasteiger charge is -2.00. The van der Waals surface area contributed by atoms with Crippen molar-refractivity contribution in [1.82, 2.24) is 5.32 Å². The Balaban J connectivity index is 3.53. The summed E-state index contributed by atoms with van der Waals surface area (Å²) in [5, 5.41) is 2.51. The molecule has 0 aliphatic heterocycles. The van der Waals surface area contributed by atoms with Crippen molar-refractivity contribution in [2.24, 2.45) is 0 Å². The van der Waals surface area contributed by atoms with E-state index in [1.165, 1.54) is 6.92 Å². The minimum absolute atomic E-state index is 0.0553. The molecule has 0 saturated carbocycles. The van der Waals surface area contributed by atoms with E-state index in [0.29, 0.717) is 11.0 Å². The van der Waals surface area contributed by atoms with Gasteiger partial charge < -0.3 is 5.32 Å². The fourth-order valence-electron chi connectivity index (χ4n) is 0.483. The summed E-state index contributed by atoms with van der Waals surface area (Å²) in [7, 11) is 0. The Morgan fingerprint density at radius 3 is 2.45 bits per heavy atom. The van der Waals surface area contributed by atoms with Gasteiger partial charge in [-0.25, -0.2) is 0 Å². The number of hydrogen-bond donors (Lipinski definition) is 1. The van der Waals surface area contributed by atoms with Gasteiger partial charge in [0, 0.05) is 11.0 Å². The Hall–Kier alpha value is -0.640. The summed E-state index contributed by atoms with van der Waals surface area (Å²) in [6.07, 6.45) is -0.0553. The maximum absolute atomic E-state index is 10.8. The first-order valence-electron chi connectivity index (χ1n) is 3.11. The molecule has 62 valence electrons. The third-order valence-electron chi connectivity index (χ3n) is 0.887. The third kappa shape index (κ3) is 7.25. The molecule has 0 unspecified atom stereocenters. The van der Waals surface area contributed by atoms with Crippen LogP contribution in [0.5, 0.6) is 0 Å². The van der Waals surface area contributed by atoms with Gasteiger partial charge in [0.25, 0.3) is 0 Å². The predicted molar refractivity (Wildman–Crippen MR) is 46.4 cm³/mol. The SMILES string of the molecule is C=C(Br)CNC(=O)CC(C)=O. The molecular weight excluding hydrogens is 210 g/mol. The van der Waals surface area contributed by atoms with Gasteiger partial charge in [0.1, 0.15) is 5.78 Å². The second-order valence-electron chi connectivity index (χ2n) is 2.17. The van der Waals surface area contributed by atoms with Crippen LogP contribution in [-0.2, 0) is 9.59 Å². The molecule has 0 aromatic carbocycles. The predicted octanol–water partition coefficient (Wildman–Crippen LogP) is 0.990. The Morgan fingerprint density at radius 1 is 1.55 bits per heavy atom. The van der Waals surface area contributed by atoms with Crippen LogP contribution in [0.4, 0.5) is 0 Å². The topological polar surface area (TPSA) is 46.2 Å². The summed E-state index contributed by atoms with van der Waals surface area (Å²) in [6.45, 7) is 5.27. The van der Waals surface area contributed by atoms with Crippen molar-refractivity contribution in [2.45, 2.75) is 13.3 Å². The van der Waals surface area contributed by atoms with E-state index in [4.69, 9.17) is 0 Å². The summed E-state index contributed by atoms with van der Waals surface area (Å²) in [5.41, 5.74) is 0. The standard InChI is InChI=1S/C7H10BrNO2/c1-5(8)4-9-7(11)3-6(2)10/h1,3-4H2,2H3,(H,9,11). The lowest BCUT2D eigenvalue weighted by molar-refractivity contribution is -0.127. The van der Waals surface area contributed by atoms with Gasteiger partial charge in [-0.05, 0) is 6.92 Å². The highest BCUT2D eigenvalue weighted by Crippen LogP contribution is 1.96. The molecule has 0 spiro atoms. The number of ketones is 1. The zero-order chi connectivity index (χ0) is 8.85. The number of Topliss-reactive ketones (excluding diaryl/α,β-unsaturated/α-hetero) is 1. The first-order valence-corrected chi connectivity index (χ1v) is 3.91. The smallest absolute Gasteiger partial charge is 0.227 e. The highest BCUT2D eigenvalue weighted by molar-refractivity contribution is 9.11. The van der Waals surface area contributed by atoms with E-state index in [9.17, 15) is 9.59 Å². The maximum Gasteiger partial charge on any atom is 0.227 e. The van der Waals surface area contributed by atoms with Gasteiger partial charge in [-0.1, -0.05) is 22.5 Å². The molecule has 0 fully saturated rings. The van der Waals surface area contributed by atoms with Crippen molar-refractivity contribution < 1.29 is 9.59 Å². The molecule has 0 rings (SSSR count). The van der Waals surface area contributed by atoms with Gasteiger partial charge in [-0.3, -0.25) is 9.59 Å². The van der Waals surface area contributed by atoms with Crippen LogP contribution in [0.3, 0.4) is 0 Å². The fourth-order valence-corrected chi connectivity index (χ4v) is 0.623. The average molecular weight is 220 g/mol. The first kappa shape index (κ1) is 10.4. The third-order valence-corrected chi connectivity index (χ3v) is 1.17. The Labute approximate surface area is 74.0 Å². The zero-order valence-corrected chi connectivity index (χ0v) is 7.90. The van der Waals surface area contributed by atoms with E-state index < -0.39 is 0 Å². The summed E-state index contributed by atoms with van der Waals surface area (Å²) in [4.78, 5) is 21.2. The molecule has 1 N–H and O–H groups in total. The van der Waals surface area contributed by atoms with Gasteiger partial charge in [0.05, 0.1) is 6.42 Å². The molecule has 0 heterocycles. The molecule has 0 aromatic heterocycles. The van der Waals surface area contributed by atoms with Crippen LogP contribution in [0.1, 0.15) is 13.3 Å². The van der Waals surface area contributed by atoms with Crippen molar-refractivity contribution in [3.63, 3.8) is 0 Å². The quantitative estimate of drug-likeness (QED) is 0.718. The van der Waals surface area contributed by atoms with E-state index in [-0.39, 0.29) is 18.1 Å². The molecule has 4 heteroatoms. The van der Waals surface area contributed by atoms with Crippen molar-refractivity contribution in [1.29, 1.82) is 0 Å². The number of carbonyl (C=O) groups excluding carboxylic acids is 2. The van der Waals surface area contributed by atoms with E-state index >= 15 is 0 Å². The number of nitrogens with one attached hydrogen (secondary N) is 1. The number of halogens is 1. The van der Waals surface area contributed by atoms with Gasteiger partial charge in [-0.2, -0.15) is 0 Å². The van der Waals surface area contributed by atoms with Crippen molar-refractivity contribution in [2.75, 3.05) is 6.54 Å². The fraction of sp³-hybridized carbons (Fsp3) is 0.429. The molecule has 0 aliphatic carbocycles. The van der Waals surface area contributed by atoms with Gasteiger partial charge in [0.15, 0.2) is 0 Å². The molecule has 0 saturated heterocycles. The number of amides is 1. The lowest BCUT2D eigenvalue weighted by Crippen LogP contribution is -2.25. The summed E-state index contributed by atoms with van der Waals surface area (Å²) in [5.74, 6) is -0.402. The molecule has 1 amide bonds. The normalized spacial score (nSPS) is 8.91. The van der Waals surface area contributed by atoms with E-state index in [2.05, 4.69) is 27.8 Å². The van der Waals surface area contributed by atoms with E-state index in [1.54, 1.807) is 0 Å². The molecule has 3 nitrogen and oxygen atoms in total. The van der Waals surface area contributed by atoms with Crippen LogP contribution < -0.4 is 5.32 Å². The monoisotopic (exact) mass is 219 g/mol. The number of hydrogen-bond acceptors (Lipinski definition) is 2. The highest BCUT2D eigenvalue weighted by atomic mass is 79.9. The van der Waals surface area contributed by atoms with Crippen LogP contribution >= 0.6 is 15.9 Å². The van der Waals surface area contributed by atoms with E-state index in [0.717, 1.165) is 0 Å². The largest absolute Gasteiger partial charge is 0.351 e. The van der Waals surface area contributed by atoms with Crippen LogP contribution in [0.25, 0.3) is 0 Å². The first-order chi connectivity index (χ1) is 5.02. The summed E-state index contributed by atoms with van der Waals surface area (Å²) in [6, 6.07) is 0. The van der Waals surface area contributed by atoms with Crippen LogP contribution in [0, 0.1) is 0 Å². The highest BCUT2D eigenvalue weighted by Gasteiger charge is 2.03. The molecule has 0 bridgehead atoms. The second kappa shape index (κ2) is 5.07. The van der Waals surface area contributed by atoms with Crippen LogP contribution in [0.2, 0.25) is 0 Å². The van der Waals surface area contributed by atoms with Crippen molar-refractivity contribution in [3.8, 4) is 0 Å². The number of rotatable bonds is 4. The molecule has 11 heavy (non-hydrogen) atoms. The van der Waals surface area contributed by atoms with Gasteiger partial charge >= 0.3 is 0 Å². The zero-order valence-electron chi connectivity index (χ0n) is 6.32. The Morgan fingerprint density at radius 2 is 2.09 bits per heavy atom. The van der Waals surface area contributed by atoms with Gasteiger partial charge in [0.2, 0.25) is 5.91 Å². The average Bonchev–Trinajstić information content (AvgIpc) is 1.82. The molecular formula is C7H10BrNO2. The Bertz CT molecular complexity index is 189. The summed E-state index contributed by atoms with van der Waals surface area (Å²) < 4.78 is 0.689. The van der Waals surface area contributed by atoms with Crippen LogP contribution in [-0.4, -0.2) is 18.2 Å². The molecule has 0 atom stereocenters. The summed E-state index contributed by atoms with van der Waals surface area (Å²) >= 11 is 3.07. The van der Waals surface area contributed by atoms with Crippen molar-refractivity contribution in [3.05, 3.63) is 11.1 Å². The van der Waals surface area contributed by atoms with E-state index in [1.807, 2.05) is 0 Å². The lowest BCUT2D eigenvalue weighted by atomic mass is 10.3.